The highest BCUT2D eigenvalue weighted by Crippen LogP contribution is 2.47. The fourth-order valence-electron chi connectivity index (χ4n) is 2.15. The lowest BCUT2D eigenvalue weighted by atomic mass is 10.3. The number of halogens is 4. The van der Waals surface area contributed by atoms with Crippen molar-refractivity contribution in [3.63, 3.8) is 0 Å². The maximum Gasteiger partial charge on any atom is 0.443 e. The third kappa shape index (κ3) is 3.17. The minimum atomic E-state index is -5.56. The van der Waals surface area contributed by atoms with Crippen molar-refractivity contribution in [1.82, 2.24) is 9.36 Å². The van der Waals surface area contributed by atoms with E-state index in [1.54, 1.807) is 30.3 Å². The number of thioether (sulfide) groups is 1. The fourth-order valence-corrected chi connectivity index (χ4v) is 3.17. The zero-order valence-corrected chi connectivity index (χ0v) is 14.2. The van der Waals surface area contributed by atoms with Crippen LogP contribution in [0.1, 0.15) is 5.69 Å². The summed E-state index contributed by atoms with van der Waals surface area (Å²) in [6, 6.07) is 8.12. The molecule has 0 radical (unpaired) electrons. The normalized spacial score (nSPS) is 14.2. The van der Waals surface area contributed by atoms with Crippen molar-refractivity contribution in [2.75, 3.05) is 7.11 Å². The van der Waals surface area contributed by atoms with Gasteiger partial charge in [-0.15, -0.1) is 0 Å². The van der Waals surface area contributed by atoms with Gasteiger partial charge in [0.05, 0.1) is 23.4 Å². The SMILES string of the molecule is COC(=O)[C@](F)(Sc1c(C)n(C)n(-c2ccccc2)c1=O)C(F)(F)F. The molecular formula is C15H14F4N2O3S. The molecule has 0 amide bonds. The van der Waals surface area contributed by atoms with E-state index in [1.807, 2.05) is 0 Å². The Balaban J connectivity index is 2.62. The summed E-state index contributed by atoms with van der Waals surface area (Å²) in [5.41, 5.74) is -0.403. The number of aromatic nitrogens is 2. The van der Waals surface area contributed by atoms with Gasteiger partial charge in [-0.2, -0.15) is 13.2 Å². The number of carbonyl (C=O) groups is 1. The van der Waals surface area contributed by atoms with Crippen molar-refractivity contribution < 1.29 is 27.1 Å². The molecule has 0 N–H and O–H groups in total. The first-order valence-electron chi connectivity index (χ1n) is 6.91. The van der Waals surface area contributed by atoms with Gasteiger partial charge in [-0.1, -0.05) is 30.0 Å². The maximum atomic E-state index is 14.5. The van der Waals surface area contributed by atoms with Gasteiger partial charge < -0.3 is 4.74 Å². The number of esters is 1. The summed E-state index contributed by atoms with van der Waals surface area (Å²) in [6.07, 6.45) is -5.56. The first-order chi connectivity index (χ1) is 11.5. The van der Waals surface area contributed by atoms with E-state index in [0.717, 1.165) is 4.68 Å². The molecule has 1 heterocycles. The highest BCUT2D eigenvalue weighted by Gasteiger charge is 2.64. The summed E-state index contributed by atoms with van der Waals surface area (Å²) < 4.78 is 60.1. The zero-order valence-electron chi connectivity index (χ0n) is 13.4. The Bertz CT molecular complexity index is 845. The third-order valence-electron chi connectivity index (χ3n) is 3.56. The Morgan fingerprint density at radius 2 is 1.72 bits per heavy atom. The summed E-state index contributed by atoms with van der Waals surface area (Å²) in [5, 5.41) is -4.39. The number of hydrogen-bond donors (Lipinski definition) is 0. The second-order valence-corrected chi connectivity index (χ2v) is 6.25. The number of hydrogen-bond acceptors (Lipinski definition) is 4. The van der Waals surface area contributed by atoms with Crippen LogP contribution in [0.15, 0.2) is 40.0 Å². The number of nitrogens with zero attached hydrogens (tertiary/aromatic N) is 2. The predicted octanol–water partition coefficient (Wildman–Crippen LogP) is 2.98. The number of para-hydroxylation sites is 1. The number of methoxy groups -OCH3 is 1. The van der Waals surface area contributed by atoms with Crippen LogP contribution < -0.4 is 5.56 Å². The third-order valence-corrected chi connectivity index (χ3v) is 4.91. The van der Waals surface area contributed by atoms with Gasteiger partial charge in [0.15, 0.2) is 0 Å². The van der Waals surface area contributed by atoms with Crippen LogP contribution in [-0.4, -0.2) is 33.6 Å². The molecule has 0 aliphatic carbocycles. The molecule has 0 saturated carbocycles. The molecule has 0 aliphatic rings. The Kier molecular flexibility index (Phi) is 5.03. The van der Waals surface area contributed by atoms with Crippen LogP contribution >= 0.6 is 11.8 Å². The van der Waals surface area contributed by atoms with Crippen LogP contribution in [0, 0.1) is 6.92 Å². The molecule has 2 aromatic rings. The molecule has 0 fully saturated rings. The minimum Gasteiger partial charge on any atom is -0.466 e. The largest absolute Gasteiger partial charge is 0.466 e. The van der Waals surface area contributed by atoms with Crippen LogP contribution in [0.2, 0.25) is 0 Å². The van der Waals surface area contributed by atoms with E-state index >= 15 is 0 Å². The average Bonchev–Trinajstić information content (AvgIpc) is 2.77. The van der Waals surface area contributed by atoms with Crippen LogP contribution in [0.3, 0.4) is 0 Å². The first-order valence-corrected chi connectivity index (χ1v) is 7.73. The smallest absolute Gasteiger partial charge is 0.443 e. The fraction of sp³-hybridized carbons (Fsp3) is 0.333. The van der Waals surface area contributed by atoms with Crippen LogP contribution in [-0.2, 0) is 16.6 Å². The Morgan fingerprint density at radius 3 is 2.20 bits per heavy atom. The lowest BCUT2D eigenvalue weighted by molar-refractivity contribution is -0.210. The molecule has 0 unspecified atom stereocenters. The molecule has 0 aliphatic heterocycles. The lowest BCUT2D eigenvalue weighted by Gasteiger charge is -2.23. The number of rotatable bonds is 4. The first kappa shape index (κ1) is 19.1. The molecule has 0 saturated heterocycles. The van der Waals surface area contributed by atoms with Gasteiger partial charge in [-0.25, -0.2) is 13.9 Å². The summed E-state index contributed by atoms with van der Waals surface area (Å²) >= 11 is -0.507. The maximum absolute atomic E-state index is 14.5. The summed E-state index contributed by atoms with van der Waals surface area (Å²) in [7, 11) is 2.09. The summed E-state index contributed by atoms with van der Waals surface area (Å²) in [5.74, 6) is -2.13. The van der Waals surface area contributed by atoms with E-state index in [0.29, 0.717) is 12.8 Å². The van der Waals surface area contributed by atoms with E-state index < -0.39 is 39.4 Å². The lowest BCUT2D eigenvalue weighted by Crippen LogP contribution is -2.46. The molecule has 10 heteroatoms. The molecule has 5 nitrogen and oxygen atoms in total. The van der Waals surface area contributed by atoms with Gasteiger partial charge in [0.25, 0.3) is 5.56 Å². The van der Waals surface area contributed by atoms with E-state index in [9.17, 15) is 27.2 Å². The Morgan fingerprint density at radius 1 is 1.16 bits per heavy atom. The summed E-state index contributed by atoms with van der Waals surface area (Å²) in [6.45, 7) is 1.36. The number of carbonyl (C=O) groups excluding carboxylic acids is 1. The topological polar surface area (TPSA) is 53.2 Å². The van der Waals surface area contributed by atoms with Gasteiger partial charge in [0.2, 0.25) is 0 Å². The average molecular weight is 378 g/mol. The van der Waals surface area contributed by atoms with Gasteiger partial charge in [-0.05, 0) is 19.1 Å². The van der Waals surface area contributed by atoms with Crippen LogP contribution in [0.5, 0.6) is 0 Å². The molecule has 0 bridgehead atoms. The van der Waals surface area contributed by atoms with Crippen molar-refractivity contribution in [2.24, 2.45) is 7.05 Å². The van der Waals surface area contributed by atoms with E-state index in [1.165, 1.54) is 18.7 Å². The van der Waals surface area contributed by atoms with Gasteiger partial charge in [0, 0.05) is 7.05 Å². The highest BCUT2D eigenvalue weighted by molar-refractivity contribution is 8.01. The van der Waals surface area contributed by atoms with E-state index in [-0.39, 0.29) is 5.69 Å². The monoisotopic (exact) mass is 378 g/mol. The van der Waals surface area contributed by atoms with Crippen molar-refractivity contribution in [1.29, 1.82) is 0 Å². The number of alkyl halides is 4. The van der Waals surface area contributed by atoms with Crippen LogP contribution in [0.25, 0.3) is 5.69 Å². The second-order valence-electron chi connectivity index (χ2n) is 5.08. The summed E-state index contributed by atoms with van der Waals surface area (Å²) in [4.78, 5) is 23.4. The predicted molar refractivity (Wildman–Crippen MR) is 83.5 cm³/mol. The van der Waals surface area contributed by atoms with Crippen molar-refractivity contribution in [3.05, 3.63) is 46.4 Å². The Labute approximate surface area is 144 Å². The van der Waals surface area contributed by atoms with Crippen molar-refractivity contribution >= 4 is 17.7 Å². The van der Waals surface area contributed by atoms with E-state index in [2.05, 4.69) is 4.74 Å². The second kappa shape index (κ2) is 6.58. The zero-order chi connectivity index (χ0) is 19.0. The number of benzene rings is 1. The Hall–Kier alpha value is -2.23. The molecule has 2 rings (SSSR count). The number of ether oxygens (including phenoxy) is 1. The van der Waals surface area contributed by atoms with Crippen molar-refractivity contribution in [3.8, 4) is 5.69 Å². The van der Waals surface area contributed by atoms with E-state index in [4.69, 9.17) is 0 Å². The minimum absolute atomic E-state index is 0.0778. The van der Waals surface area contributed by atoms with Gasteiger partial charge in [-0.3, -0.25) is 9.48 Å². The quantitative estimate of drug-likeness (QED) is 0.466. The van der Waals surface area contributed by atoms with Gasteiger partial charge in [0.1, 0.15) is 0 Å². The molecule has 1 atom stereocenters. The van der Waals surface area contributed by atoms with Crippen LogP contribution in [0.4, 0.5) is 17.6 Å². The highest BCUT2D eigenvalue weighted by atomic mass is 32.2. The molecule has 136 valence electrons. The molecule has 25 heavy (non-hydrogen) atoms. The van der Waals surface area contributed by atoms with Crippen molar-refractivity contribution in [2.45, 2.75) is 23.0 Å². The standard InChI is InChI=1S/C15H14F4N2O3S/c1-9-11(25-14(16,13(23)24-3)15(17,18)19)12(22)21(20(9)2)10-7-5-4-6-8-10/h4-8H,1-3H3/t14-/m0/s1. The van der Waals surface area contributed by atoms with Gasteiger partial charge >= 0.3 is 17.1 Å². The molecule has 0 spiro atoms. The molecule has 1 aromatic heterocycles. The molecule has 1 aromatic carbocycles. The molecular weight excluding hydrogens is 364 g/mol.